The van der Waals surface area contributed by atoms with E-state index in [1.54, 1.807) is 26.0 Å². The Morgan fingerprint density at radius 3 is 2.54 bits per heavy atom. The minimum absolute atomic E-state index is 0.00171. The average Bonchev–Trinajstić information content (AvgIpc) is 2.83. The summed E-state index contributed by atoms with van der Waals surface area (Å²) in [6.45, 7) is 3.49. The number of nitrogens with zero attached hydrogens (tertiary/aromatic N) is 2. The maximum atomic E-state index is 13.4. The van der Waals surface area contributed by atoms with Crippen molar-refractivity contribution in [3.63, 3.8) is 0 Å². The number of hydrogen-bond acceptors (Lipinski definition) is 3. The van der Waals surface area contributed by atoms with Crippen molar-refractivity contribution < 1.29 is 18.0 Å². The van der Waals surface area contributed by atoms with Gasteiger partial charge in [0.25, 0.3) is 0 Å². The lowest BCUT2D eigenvalue weighted by Crippen LogP contribution is -2.26. The summed E-state index contributed by atoms with van der Waals surface area (Å²) in [5.74, 6) is -0.381. The third-order valence-electron chi connectivity index (χ3n) is 3.50. The van der Waals surface area contributed by atoms with E-state index in [9.17, 15) is 18.0 Å². The summed E-state index contributed by atoms with van der Waals surface area (Å²) in [4.78, 5) is 11.4. The zero-order valence-electron chi connectivity index (χ0n) is 13.4. The predicted octanol–water partition coefficient (Wildman–Crippen LogP) is 2.47. The summed E-state index contributed by atoms with van der Waals surface area (Å²) < 4.78 is 41.5. The van der Waals surface area contributed by atoms with E-state index in [-0.39, 0.29) is 31.0 Å². The first-order valence-electron chi connectivity index (χ1n) is 7.43. The lowest BCUT2D eigenvalue weighted by atomic mass is 10.1. The Morgan fingerprint density at radius 2 is 2.00 bits per heavy atom. The van der Waals surface area contributed by atoms with Crippen molar-refractivity contribution in [3.05, 3.63) is 46.8 Å². The molecule has 5 nitrogen and oxygen atoms in total. The number of carbonyl (C=O) groups excluding carboxylic acids is 1. The molecule has 0 unspecified atom stereocenters. The van der Waals surface area contributed by atoms with Crippen LogP contribution in [0.25, 0.3) is 5.69 Å². The number of amides is 1. The van der Waals surface area contributed by atoms with Gasteiger partial charge in [0, 0.05) is 25.2 Å². The van der Waals surface area contributed by atoms with Crippen molar-refractivity contribution in [2.24, 2.45) is 5.73 Å². The molecule has 2 aromatic rings. The fourth-order valence-corrected chi connectivity index (χ4v) is 2.42. The van der Waals surface area contributed by atoms with E-state index in [1.807, 2.05) is 0 Å². The molecule has 1 aromatic heterocycles. The Labute approximate surface area is 137 Å². The Balaban J connectivity index is 2.36. The maximum absolute atomic E-state index is 13.4. The molecule has 0 aliphatic heterocycles. The van der Waals surface area contributed by atoms with E-state index in [2.05, 4.69) is 10.4 Å². The van der Waals surface area contributed by atoms with Crippen molar-refractivity contribution in [3.8, 4) is 5.69 Å². The largest absolute Gasteiger partial charge is 0.416 e. The number of carbonyl (C=O) groups is 1. The predicted molar refractivity (Wildman–Crippen MR) is 83.6 cm³/mol. The molecule has 0 saturated heterocycles. The third-order valence-corrected chi connectivity index (χ3v) is 3.50. The molecule has 8 heteroatoms. The van der Waals surface area contributed by atoms with Gasteiger partial charge >= 0.3 is 6.18 Å². The smallest absolute Gasteiger partial charge is 0.352 e. The number of benzene rings is 1. The molecule has 24 heavy (non-hydrogen) atoms. The molecule has 1 heterocycles. The number of nitrogens with one attached hydrogen (secondary N) is 1. The molecule has 1 aromatic carbocycles. The summed E-state index contributed by atoms with van der Waals surface area (Å²) in [7, 11) is 0. The van der Waals surface area contributed by atoms with Gasteiger partial charge in [-0.25, -0.2) is 4.68 Å². The quantitative estimate of drug-likeness (QED) is 0.878. The molecule has 0 bridgehead atoms. The third kappa shape index (κ3) is 4.14. The Hall–Kier alpha value is -2.35. The van der Waals surface area contributed by atoms with E-state index in [4.69, 9.17) is 5.73 Å². The monoisotopic (exact) mass is 340 g/mol. The molecule has 3 N–H and O–H groups in total. The number of rotatable bonds is 5. The van der Waals surface area contributed by atoms with Gasteiger partial charge in [-0.3, -0.25) is 4.79 Å². The topological polar surface area (TPSA) is 72.9 Å². The molecule has 0 atom stereocenters. The highest BCUT2D eigenvalue weighted by Gasteiger charge is 2.33. The summed E-state index contributed by atoms with van der Waals surface area (Å²) in [6.07, 6.45) is -4.45. The van der Waals surface area contributed by atoms with E-state index < -0.39 is 11.7 Å². The first-order valence-corrected chi connectivity index (χ1v) is 7.43. The van der Waals surface area contributed by atoms with Crippen LogP contribution >= 0.6 is 0 Å². The molecular formula is C16H19F3N4O. The fourth-order valence-electron chi connectivity index (χ4n) is 2.42. The average molecular weight is 340 g/mol. The van der Waals surface area contributed by atoms with Crippen molar-refractivity contribution in [1.82, 2.24) is 15.1 Å². The summed E-state index contributed by atoms with van der Waals surface area (Å²) >= 11 is 0. The van der Waals surface area contributed by atoms with Crippen LogP contribution in [0.5, 0.6) is 0 Å². The van der Waals surface area contributed by atoms with Crippen LogP contribution in [0.4, 0.5) is 13.2 Å². The lowest BCUT2D eigenvalue weighted by Gasteiger charge is -2.16. The first-order chi connectivity index (χ1) is 11.2. The van der Waals surface area contributed by atoms with Gasteiger partial charge < -0.3 is 11.1 Å². The van der Waals surface area contributed by atoms with Gasteiger partial charge in [-0.05, 0) is 37.6 Å². The van der Waals surface area contributed by atoms with Crippen molar-refractivity contribution >= 4 is 5.91 Å². The number of aryl methyl sites for hydroxylation is 2. The van der Waals surface area contributed by atoms with Crippen LogP contribution in [0, 0.1) is 13.8 Å². The molecule has 0 aliphatic rings. The van der Waals surface area contributed by atoms with Gasteiger partial charge in [-0.2, -0.15) is 18.3 Å². The molecule has 1 amide bonds. The molecule has 130 valence electrons. The highest BCUT2D eigenvalue weighted by Crippen LogP contribution is 2.33. The van der Waals surface area contributed by atoms with Crippen molar-refractivity contribution in [2.45, 2.75) is 33.0 Å². The molecule has 0 radical (unpaired) electrons. The highest BCUT2D eigenvalue weighted by molar-refractivity contribution is 5.76. The Morgan fingerprint density at radius 1 is 1.29 bits per heavy atom. The van der Waals surface area contributed by atoms with Crippen LogP contribution in [-0.4, -0.2) is 22.2 Å². The minimum Gasteiger partial charge on any atom is -0.352 e. The van der Waals surface area contributed by atoms with Crippen LogP contribution in [0.1, 0.15) is 28.9 Å². The van der Waals surface area contributed by atoms with Crippen LogP contribution in [-0.2, 0) is 17.5 Å². The Kier molecular flexibility index (Phi) is 5.28. The molecule has 0 saturated carbocycles. The fraction of sp³-hybridized carbons (Fsp3) is 0.375. The van der Waals surface area contributed by atoms with Gasteiger partial charge in [0.2, 0.25) is 5.91 Å². The molecule has 0 fully saturated rings. The first kappa shape index (κ1) is 18.0. The number of aromatic nitrogens is 2. The normalized spacial score (nSPS) is 11.6. The zero-order chi connectivity index (χ0) is 17.9. The zero-order valence-corrected chi connectivity index (χ0v) is 13.4. The van der Waals surface area contributed by atoms with Gasteiger partial charge in [-0.15, -0.1) is 0 Å². The lowest BCUT2D eigenvalue weighted by molar-refractivity contribution is -0.138. The van der Waals surface area contributed by atoms with Gasteiger partial charge in [-0.1, -0.05) is 6.07 Å². The second-order valence-electron chi connectivity index (χ2n) is 5.49. The van der Waals surface area contributed by atoms with Crippen LogP contribution in [0.2, 0.25) is 0 Å². The molecule has 0 spiro atoms. The Bertz CT molecular complexity index is 737. The summed E-state index contributed by atoms with van der Waals surface area (Å²) in [6, 6.07) is 5.74. The summed E-state index contributed by atoms with van der Waals surface area (Å²) in [5.41, 5.74) is 6.24. The minimum atomic E-state index is -4.53. The molecule has 2 rings (SSSR count). The number of halogens is 3. The molecular weight excluding hydrogens is 321 g/mol. The van der Waals surface area contributed by atoms with E-state index >= 15 is 0 Å². The van der Waals surface area contributed by atoms with Crippen molar-refractivity contribution in [1.29, 1.82) is 0 Å². The highest BCUT2D eigenvalue weighted by atomic mass is 19.4. The van der Waals surface area contributed by atoms with Crippen LogP contribution < -0.4 is 11.1 Å². The number of nitrogens with two attached hydrogens (primary N) is 1. The van der Waals surface area contributed by atoms with Gasteiger partial charge in [0.05, 0.1) is 16.9 Å². The SMILES string of the molecule is Cc1cc(C)n(-c2ccc(CNC(=O)CCN)c(C(F)(F)F)c2)n1. The second kappa shape index (κ2) is 7.04. The maximum Gasteiger partial charge on any atom is 0.416 e. The van der Waals surface area contributed by atoms with Gasteiger partial charge in [0.1, 0.15) is 0 Å². The number of alkyl halides is 3. The van der Waals surface area contributed by atoms with Crippen LogP contribution in [0.3, 0.4) is 0 Å². The van der Waals surface area contributed by atoms with E-state index in [0.717, 1.165) is 17.5 Å². The second-order valence-corrected chi connectivity index (χ2v) is 5.49. The van der Waals surface area contributed by atoms with Gasteiger partial charge in [0.15, 0.2) is 0 Å². The summed E-state index contributed by atoms with van der Waals surface area (Å²) in [5, 5.41) is 6.64. The van der Waals surface area contributed by atoms with E-state index in [1.165, 1.54) is 10.7 Å². The van der Waals surface area contributed by atoms with E-state index in [0.29, 0.717) is 5.69 Å². The molecule has 0 aliphatic carbocycles. The number of hydrogen-bond donors (Lipinski definition) is 2. The standard InChI is InChI=1S/C16H19F3N4O/c1-10-7-11(2)23(22-10)13-4-3-12(9-21-15(24)5-6-20)14(8-13)16(17,18)19/h3-4,7-8H,5-6,9,20H2,1-2H3,(H,21,24). The van der Waals surface area contributed by atoms with Crippen molar-refractivity contribution in [2.75, 3.05) is 6.54 Å². The van der Waals surface area contributed by atoms with Crippen LogP contribution in [0.15, 0.2) is 24.3 Å².